The summed E-state index contributed by atoms with van der Waals surface area (Å²) in [6.07, 6.45) is -5.03. The zero-order valence-electron chi connectivity index (χ0n) is 8.86. The fourth-order valence-corrected chi connectivity index (χ4v) is 1.34. The van der Waals surface area contributed by atoms with Crippen molar-refractivity contribution in [1.82, 2.24) is 4.98 Å². The van der Waals surface area contributed by atoms with Gasteiger partial charge in [-0.1, -0.05) is 0 Å². The van der Waals surface area contributed by atoms with E-state index in [1.54, 1.807) is 12.1 Å². The number of aromatic nitrogens is 1. The van der Waals surface area contributed by atoms with Crippen molar-refractivity contribution in [3.8, 4) is 5.75 Å². The lowest BCUT2D eigenvalue weighted by Crippen LogP contribution is -2.27. The molecule has 0 bridgehead atoms. The minimum Gasteiger partial charge on any atom is -0.420 e. The Kier molecular flexibility index (Phi) is 2.82. The molecule has 0 atom stereocenters. The van der Waals surface area contributed by atoms with E-state index in [4.69, 9.17) is 5.73 Å². The normalized spacial score (nSPS) is 11.5. The molecular formula is C11H7F3N2O2. The molecule has 18 heavy (non-hydrogen) atoms. The van der Waals surface area contributed by atoms with Gasteiger partial charge in [-0.15, -0.1) is 0 Å². The van der Waals surface area contributed by atoms with Gasteiger partial charge in [-0.2, -0.15) is 13.2 Å². The van der Waals surface area contributed by atoms with Crippen molar-refractivity contribution in [2.24, 2.45) is 0 Å². The number of hydrogen-bond acceptors (Lipinski definition) is 4. The van der Waals surface area contributed by atoms with E-state index < -0.39 is 12.1 Å². The molecule has 0 unspecified atom stereocenters. The first-order valence-corrected chi connectivity index (χ1v) is 4.81. The molecule has 2 N–H and O–H groups in total. The van der Waals surface area contributed by atoms with E-state index in [0.717, 1.165) is 0 Å². The van der Waals surface area contributed by atoms with E-state index >= 15 is 0 Å². The second kappa shape index (κ2) is 4.17. The van der Waals surface area contributed by atoms with E-state index in [0.29, 0.717) is 10.9 Å². The highest BCUT2D eigenvalue weighted by Gasteiger charge is 2.41. The Morgan fingerprint density at radius 2 is 1.89 bits per heavy atom. The molecule has 0 fully saturated rings. The number of carbonyl (C=O) groups is 1. The number of nitrogen functional groups attached to an aromatic ring is 1. The molecule has 0 saturated carbocycles. The van der Waals surface area contributed by atoms with Crippen molar-refractivity contribution < 1.29 is 22.7 Å². The summed E-state index contributed by atoms with van der Waals surface area (Å²) >= 11 is 0. The molecule has 94 valence electrons. The first-order valence-electron chi connectivity index (χ1n) is 4.81. The maximum atomic E-state index is 12.0. The number of ether oxygens (including phenoxy) is 1. The largest absolute Gasteiger partial charge is 0.491 e. The van der Waals surface area contributed by atoms with Gasteiger partial charge in [-0.3, -0.25) is 0 Å². The quantitative estimate of drug-likeness (QED) is 0.628. The number of carbonyl (C=O) groups excluding carboxylic acids is 1. The van der Waals surface area contributed by atoms with Crippen molar-refractivity contribution in [2.75, 3.05) is 5.73 Å². The maximum absolute atomic E-state index is 12.0. The highest BCUT2D eigenvalue weighted by Crippen LogP contribution is 2.23. The molecule has 0 aliphatic rings. The molecule has 4 nitrogen and oxygen atoms in total. The predicted octanol–water partition coefficient (Wildman–Crippen LogP) is 2.28. The number of anilines is 1. The van der Waals surface area contributed by atoms with Gasteiger partial charge in [0.15, 0.2) is 0 Å². The Hall–Kier alpha value is -2.31. The molecule has 0 radical (unpaired) electrons. The van der Waals surface area contributed by atoms with E-state index in [1.165, 1.54) is 18.2 Å². The summed E-state index contributed by atoms with van der Waals surface area (Å²) in [5, 5.41) is 0.677. The highest BCUT2D eigenvalue weighted by atomic mass is 19.4. The van der Waals surface area contributed by atoms with Crippen molar-refractivity contribution in [1.29, 1.82) is 0 Å². The molecule has 2 aromatic rings. The van der Waals surface area contributed by atoms with Gasteiger partial charge in [0.25, 0.3) is 0 Å². The van der Waals surface area contributed by atoms with Gasteiger partial charge < -0.3 is 10.5 Å². The Morgan fingerprint density at radius 3 is 2.56 bits per heavy atom. The Labute approximate surface area is 99.2 Å². The third-order valence-corrected chi connectivity index (χ3v) is 2.13. The molecule has 0 spiro atoms. The monoisotopic (exact) mass is 256 g/mol. The van der Waals surface area contributed by atoms with Crippen molar-refractivity contribution in [2.45, 2.75) is 6.18 Å². The summed E-state index contributed by atoms with van der Waals surface area (Å²) in [5.74, 6) is -2.28. The average molecular weight is 256 g/mol. The number of nitrogens with zero attached hydrogens (tertiary/aromatic N) is 1. The minimum atomic E-state index is -5.03. The van der Waals surface area contributed by atoms with Crippen LogP contribution in [-0.4, -0.2) is 17.1 Å². The van der Waals surface area contributed by atoms with Gasteiger partial charge in [0.2, 0.25) is 0 Å². The number of pyridine rings is 1. The smallest absolute Gasteiger partial charge is 0.420 e. The second-order valence-corrected chi connectivity index (χ2v) is 3.48. The molecule has 1 aromatic carbocycles. The van der Waals surface area contributed by atoms with E-state index in [9.17, 15) is 18.0 Å². The van der Waals surface area contributed by atoms with E-state index in [2.05, 4.69) is 9.72 Å². The van der Waals surface area contributed by atoms with Crippen molar-refractivity contribution >= 4 is 22.7 Å². The van der Waals surface area contributed by atoms with Crippen LogP contribution in [0.3, 0.4) is 0 Å². The summed E-state index contributed by atoms with van der Waals surface area (Å²) in [6, 6.07) is 7.18. The summed E-state index contributed by atoms with van der Waals surface area (Å²) in [4.78, 5) is 14.6. The van der Waals surface area contributed by atoms with Crippen LogP contribution < -0.4 is 10.5 Å². The van der Waals surface area contributed by atoms with Gasteiger partial charge in [0.1, 0.15) is 11.6 Å². The first-order chi connectivity index (χ1) is 8.36. The number of nitrogens with two attached hydrogens (primary N) is 1. The van der Waals surface area contributed by atoms with E-state index in [-0.39, 0.29) is 11.6 Å². The van der Waals surface area contributed by atoms with Gasteiger partial charge >= 0.3 is 12.1 Å². The average Bonchev–Trinajstić information content (AvgIpc) is 2.27. The Bertz CT molecular complexity index is 611. The van der Waals surface area contributed by atoms with Crippen LogP contribution in [0.2, 0.25) is 0 Å². The van der Waals surface area contributed by atoms with Crippen LogP contribution in [0.1, 0.15) is 0 Å². The third-order valence-electron chi connectivity index (χ3n) is 2.13. The third kappa shape index (κ3) is 2.50. The Morgan fingerprint density at radius 1 is 1.22 bits per heavy atom. The van der Waals surface area contributed by atoms with Crippen LogP contribution in [0, 0.1) is 0 Å². The SMILES string of the molecule is Nc1ccc2ccc(OC(=O)C(F)(F)F)cc2n1. The zero-order valence-corrected chi connectivity index (χ0v) is 8.86. The molecule has 0 saturated heterocycles. The lowest BCUT2D eigenvalue weighted by atomic mass is 10.2. The molecule has 0 amide bonds. The molecule has 2 rings (SSSR count). The van der Waals surface area contributed by atoms with Crippen molar-refractivity contribution in [3.05, 3.63) is 30.3 Å². The maximum Gasteiger partial charge on any atom is 0.491 e. The van der Waals surface area contributed by atoms with Crippen LogP contribution in [0.4, 0.5) is 19.0 Å². The number of hydrogen-bond donors (Lipinski definition) is 1. The number of halogens is 3. The number of esters is 1. The first kappa shape index (κ1) is 12.2. The molecule has 1 heterocycles. The van der Waals surface area contributed by atoms with Crippen LogP contribution in [0.15, 0.2) is 30.3 Å². The molecular weight excluding hydrogens is 249 g/mol. The standard InChI is InChI=1S/C11H7F3N2O2/c12-11(13,14)10(17)18-7-3-1-6-2-4-9(15)16-8(6)5-7/h1-5H,(H2,15,16). The lowest BCUT2D eigenvalue weighted by molar-refractivity contribution is -0.189. The van der Waals surface area contributed by atoms with Crippen LogP contribution in [0.5, 0.6) is 5.75 Å². The fraction of sp³-hybridized carbons (Fsp3) is 0.0909. The number of benzene rings is 1. The van der Waals surface area contributed by atoms with Crippen LogP contribution in [0.25, 0.3) is 10.9 Å². The zero-order chi connectivity index (χ0) is 13.3. The highest BCUT2D eigenvalue weighted by molar-refractivity contribution is 5.83. The van der Waals surface area contributed by atoms with Gasteiger partial charge in [-0.05, 0) is 24.3 Å². The summed E-state index contributed by atoms with van der Waals surface area (Å²) in [7, 11) is 0. The summed E-state index contributed by atoms with van der Waals surface area (Å²) in [5.41, 5.74) is 5.80. The van der Waals surface area contributed by atoms with Gasteiger partial charge in [-0.25, -0.2) is 9.78 Å². The van der Waals surface area contributed by atoms with Crippen molar-refractivity contribution in [3.63, 3.8) is 0 Å². The van der Waals surface area contributed by atoms with Gasteiger partial charge in [0.05, 0.1) is 5.52 Å². The fourth-order valence-electron chi connectivity index (χ4n) is 1.34. The van der Waals surface area contributed by atoms with Gasteiger partial charge in [0, 0.05) is 11.5 Å². The molecule has 1 aromatic heterocycles. The number of rotatable bonds is 1. The molecule has 7 heteroatoms. The number of fused-ring (bicyclic) bond motifs is 1. The summed E-state index contributed by atoms with van der Waals surface area (Å²) in [6.45, 7) is 0. The number of alkyl halides is 3. The van der Waals surface area contributed by atoms with E-state index in [1.807, 2.05) is 0 Å². The summed E-state index contributed by atoms with van der Waals surface area (Å²) < 4.78 is 40.2. The minimum absolute atomic E-state index is 0.224. The topological polar surface area (TPSA) is 65.2 Å². The van der Waals surface area contributed by atoms with Crippen LogP contribution >= 0.6 is 0 Å². The molecule has 0 aliphatic heterocycles. The molecule has 0 aliphatic carbocycles. The van der Waals surface area contributed by atoms with Crippen LogP contribution in [-0.2, 0) is 4.79 Å². The lowest BCUT2D eigenvalue weighted by Gasteiger charge is -2.07. The predicted molar refractivity (Wildman–Crippen MR) is 57.8 cm³/mol. The second-order valence-electron chi connectivity index (χ2n) is 3.48. The Balaban J connectivity index is 2.33.